The van der Waals surface area contributed by atoms with Crippen LogP contribution in [0, 0.1) is 13.8 Å². The van der Waals surface area contributed by atoms with Crippen LogP contribution in [0.25, 0.3) is 5.65 Å². The molecule has 0 bridgehead atoms. The summed E-state index contributed by atoms with van der Waals surface area (Å²) in [6, 6.07) is 10.5. The Morgan fingerprint density at radius 3 is 2.71 bits per heavy atom. The van der Waals surface area contributed by atoms with E-state index in [1.54, 1.807) is 24.4 Å². The van der Waals surface area contributed by atoms with E-state index in [0.29, 0.717) is 23.4 Å². The van der Waals surface area contributed by atoms with Crippen molar-refractivity contribution in [3.63, 3.8) is 0 Å². The fraction of sp³-hybridized carbons (Fsp3) is 0.167. The number of hydrogen-bond donors (Lipinski definition) is 2. The van der Waals surface area contributed by atoms with Crippen LogP contribution < -0.4 is 16.6 Å². The maximum absolute atomic E-state index is 12.2. The second-order valence-corrected chi connectivity index (χ2v) is 5.77. The Labute approximate surface area is 139 Å². The molecule has 6 nitrogen and oxygen atoms in total. The van der Waals surface area contributed by atoms with Gasteiger partial charge in [-0.3, -0.25) is 14.0 Å². The van der Waals surface area contributed by atoms with Crippen molar-refractivity contribution >= 4 is 17.2 Å². The average Bonchev–Trinajstić information content (AvgIpc) is 2.54. The van der Waals surface area contributed by atoms with Crippen molar-refractivity contribution in [1.29, 1.82) is 0 Å². The molecule has 0 aliphatic heterocycles. The van der Waals surface area contributed by atoms with Crippen molar-refractivity contribution in [2.24, 2.45) is 5.73 Å². The van der Waals surface area contributed by atoms with E-state index in [1.807, 2.05) is 26.0 Å². The van der Waals surface area contributed by atoms with Gasteiger partial charge in [0.05, 0.1) is 12.2 Å². The predicted molar refractivity (Wildman–Crippen MR) is 93.2 cm³/mol. The Bertz CT molecular complexity index is 992. The molecule has 6 heteroatoms. The van der Waals surface area contributed by atoms with Gasteiger partial charge in [0.15, 0.2) is 0 Å². The molecule has 3 N–H and O–H groups in total. The third-order valence-electron chi connectivity index (χ3n) is 3.83. The zero-order valence-electron chi connectivity index (χ0n) is 13.5. The largest absolute Gasteiger partial charge is 0.379 e. The second kappa shape index (κ2) is 6.16. The van der Waals surface area contributed by atoms with Crippen LogP contribution in [-0.2, 0) is 6.54 Å². The molecule has 0 saturated heterocycles. The molecule has 0 aliphatic rings. The van der Waals surface area contributed by atoms with Gasteiger partial charge in [-0.25, -0.2) is 4.98 Å². The highest BCUT2D eigenvalue weighted by Crippen LogP contribution is 2.17. The number of nitrogens with two attached hydrogens (primary N) is 1. The Morgan fingerprint density at radius 1 is 1.21 bits per heavy atom. The molecule has 24 heavy (non-hydrogen) atoms. The molecule has 2 heterocycles. The van der Waals surface area contributed by atoms with Gasteiger partial charge >= 0.3 is 0 Å². The second-order valence-electron chi connectivity index (χ2n) is 5.77. The van der Waals surface area contributed by atoms with Gasteiger partial charge < -0.3 is 11.1 Å². The summed E-state index contributed by atoms with van der Waals surface area (Å²) in [4.78, 5) is 27.9. The first-order valence-corrected chi connectivity index (χ1v) is 7.57. The first kappa shape index (κ1) is 15.7. The number of aromatic nitrogens is 2. The number of nitrogens with one attached hydrogen (secondary N) is 1. The Balaban J connectivity index is 1.85. The van der Waals surface area contributed by atoms with E-state index >= 15 is 0 Å². The molecule has 0 spiro atoms. The summed E-state index contributed by atoms with van der Waals surface area (Å²) >= 11 is 0. The summed E-state index contributed by atoms with van der Waals surface area (Å²) in [7, 11) is 0. The fourth-order valence-electron chi connectivity index (χ4n) is 2.55. The van der Waals surface area contributed by atoms with Crippen molar-refractivity contribution in [2.75, 3.05) is 5.32 Å². The average molecular weight is 322 g/mol. The van der Waals surface area contributed by atoms with Gasteiger partial charge in [0.2, 0.25) is 5.91 Å². The predicted octanol–water partition coefficient (Wildman–Crippen LogP) is 2.02. The van der Waals surface area contributed by atoms with Crippen molar-refractivity contribution in [3.05, 3.63) is 75.3 Å². The number of primary amides is 1. The van der Waals surface area contributed by atoms with E-state index in [2.05, 4.69) is 10.3 Å². The molecule has 3 aromatic rings. The van der Waals surface area contributed by atoms with Crippen LogP contribution >= 0.6 is 0 Å². The number of aryl methyl sites for hydroxylation is 2. The van der Waals surface area contributed by atoms with Crippen LogP contribution in [0.15, 0.2) is 47.4 Å². The minimum absolute atomic E-state index is 0.110. The summed E-state index contributed by atoms with van der Waals surface area (Å²) in [6.45, 7) is 4.23. The van der Waals surface area contributed by atoms with E-state index < -0.39 is 5.91 Å². The smallest absolute Gasteiger partial charge is 0.258 e. The summed E-state index contributed by atoms with van der Waals surface area (Å²) in [5.41, 5.74) is 9.67. The Morgan fingerprint density at radius 2 is 2.00 bits per heavy atom. The number of rotatable bonds is 4. The highest BCUT2D eigenvalue weighted by Gasteiger charge is 2.06. The first-order chi connectivity index (χ1) is 11.4. The molecular weight excluding hydrogens is 304 g/mol. The van der Waals surface area contributed by atoms with Crippen LogP contribution in [0.1, 0.15) is 27.2 Å². The number of carbonyl (C=O) groups is 1. The lowest BCUT2D eigenvalue weighted by Gasteiger charge is -2.11. The Kier molecular flexibility index (Phi) is 4.04. The minimum atomic E-state index is -0.454. The van der Waals surface area contributed by atoms with Crippen molar-refractivity contribution in [2.45, 2.75) is 20.4 Å². The normalized spacial score (nSPS) is 10.8. The van der Waals surface area contributed by atoms with Crippen molar-refractivity contribution < 1.29 is 4.79 Å². The minimum Gasteiger partial charge on any atom is -0.379 e. The fourth-order valence-corrected chi connectivity index (χ4v) is 2.55. The number of benzene rings is 1. The van der Waals surface area contributed by atoms with Crippen molar-refractivity contribution in [1.82, 2.24) is 9.38 Å². The first-order valence-electron chi connectivity index (χ1n) is 7.57. The topological polar surface area (TPSA) is 89.5 Å². The number of hydrogen-bond acceptors (Lipinski definition) is 4. The zero-order valence-corrected chi connectivity index (χ0v) is 13.5. The van der Waals surface area contributed by atoms with Crippen LogP contribution in [0.4, 0.5) is 5.69 Å². The SMILES string of the molecule is Cc1ccc2nc(CNc3ccc(C(N)=O)cc3C)cc(=O)n2c1. The van der Waals surface area contributed by atoms with Crippen LogP contribution in [0.2, 0.25) is 0 Å². The molecular formula is C18H18N4O2. The van der Waals surface area contributed by atoms with Gasteiger partial charge in [0.1, 0.15) is 5.65 Å². The van der Waals surface area contributed by atoms with Gasteiger partial charge in [0.25, 0.3) is 5.56 Å². The molecule has 0 aliphatic carbocycles. The molecule has 122 valence electrons. The number of anilines is 1. The molecule has 0 unspecified atom stereocenters. The van der Waals surface area contributed by atoms with Gasteiger partial charge in [-0.05, 0) is 49.2 Å². The molecule has 0 radical (unpaired) electrons. The number of pyridine rings is 1. The monoisotopic (exact) mass is 322 g/mol. The molecule has 1 amide bonds. The van der Waals surface area contributed by atoms with Gasteiger partial charge in [0, 0.05) is 23.5 Å². The van der Waals surface area contributed by atoms with Crippen LogP contribution in [-0.4, -0.2) is 15.3 Å². The van der Waals surface area contributed by atoms with Crippen LogP contribution in [0.3, 0.4) is 0 Å². The molecule has 0 saturated carbocycles. The molecule has 0 fully saturated rings. The summed E-state index contributed by atoms with van der Waals surface area (Å²) in [6.07, 6.45) is 1.77. The van der Waals surface area contributed by atoms with E-state index in [-0.39, 0.29) is 5.56 Å². The highest BCUT2D eigenvalue weighted by molar-refractivity contribution is 5.93. The van der Waals surface area contributed by atoms with E-state index in [4.69, 9.17) is 5.73 Å². The lowest BCUT2D eigenvalue weighted by molar-refractivity contribution is 0.1000. The molecule has 3 rings (SSSR count). The highest BCUT2D eigenvalue weighted by atomic mass is 16.1. The Hall–Kier alpha value is -3.15. The number of nitrogens with zero attached hydrogens (tertiary/aromatic N) is 2. The lowest BCUT2D eigenvalue weighted by atomic mass is 10.1. The number of fused-ring (bicyclic) bond motifs is 1. The van der Waals surface area contributed by atoms with Gasteiger partial charge in [-0.2, -0.15) is 0 Å². The maximum atomic E-state index is 12.2. The quantitative estimate of drug-likeness (QED) is 0.769. The summed E-state index contributed by atoms with van der Waals surface area (Å²) in [5.74, 6) is -0.454. The van der Waals surface area contributed by atoms with E-state index in [1.165, 1.54) is 10.5 Å². The summed E-state index contributed by atoms with van der Waals surface area (Å²) in [5, 5.41) is 3.24. The molecule has 1 aromatic carbocycles. The standard InChI is InChI=1S/C18H18N4O2/c1-11-3-6-16-21-14(8-17(23)22(16)10-11)9-20-15-5-4-13(18(19)24)7-12(15)2/h3-8,10,20H,9H2,1-2H3,(H2,19,24). The van der Waals surface area contributed by atoms with Crippen LogP contribution in [0.5, 0.6) is 0 Å². The van der Waals surface area contributed by atoms with E-state index in [9.17, 15) is 9.59 Å². The number of amides is 1. The van der Waals surface area contributed by atoms with Gasteiger partial charge in [-0.1, -0.05) is 6.07 Å². The van der Waals surface area contributed by atoms with Gasteiger partial charge in [-0.15, -0.1) is 0 Å². The van der Waals surface area contributed by atoms with E-state index in [0.717, 1.165) is 16.8 Å². The van der Waals surface area contributed by atoms with Crippen molar-refractivity contribution in [3.8, 4) is 0 Å². The summed E-state index contributed by atoms with van der Waals surface area (Å²) < 4.78 is 1.53. The lowest BCUT2D eigenvalue weighted by Crippen LogP contribution is -2.17. The maximum Gasteiger partial charge on any atom is 0.258 e. The molecule has 2 aromatic heterocycles. The number of carbonyl (C=O) groups excluding carboxylic acids is 1. The third-order valence-corrected chi connectivity index (χ3v) is 3.83. The molecule has 0 atom stereocenters. The third kappa shape index (κ3) is 3.12. The zero-order chi connectivity index (χ0) is 17.3.